The molecule has 3 atom stereocenters. The maximum absolute atomic E-state index is 13.1. The van der Waals surface area contributed by atoms with E-state index in [1.165, 1.54) is 17.7 Å². The highest BCUT2D eigenvalue weighted by atomic mass is 35.5. The third kappa shape index (κ3) is 5.05. The molecule has 0 saturated heterocycles. The fourth-order valence-electron chi connectivity index (χ4n) is 4.87. The number of carbonyl (C=O) groups is 3. The zero-order valence-electron chi connectivity index (χ0n) is 20.4. The molecule has 1 aliphatic carbocycles. The molecule has 0 radical (unpaired) electrons. The molecule has 0 bridgehead atoms. The van der Waals surface area contributed by atoms with Crippen molar-refractivity contribution in [2.75, 3.05) is 7.11 Å². The molecule has 2 heterocycles. The van der Waals surface area contributed by atoms with Crippen LogP contribution in [-0.2, 0) is 9.53 Å². The van der Waals surface area contributed by atoms with Gasteiger partial charge in [-0.1, -0.05) is 23.7 Å². The molecule has 0 spiro atoms. The molecule has 10 heteroatoms. The van der Waals surface area contributed by atoms with Gasteiger partial charge in [-0.2, -0.15) is 0 Å². The smallest absolute Gasteiger partial charge is 0.308 e. The van der Waals surface area contributed by atoms with Gasteiger partial charge in [0.2, 0.25) is 0 Å². The maximum Gasteiger partial charge on any atom is 0.308 e. The summed E-state index contributed by atoms with van der Waals surface area (Å²) >= 11 is 6.14. The molecular formula is C28H25ClN4O5. The van der Waals surface area contributed by atoms with E-state index in [1.54, 1.807) is 67.0 Å². The van der Waals surface area contributed by atoms with Gasteiger partial charge in [0, 0.05) is 46.2 Å². The van der Waals surface area contributed by atoms with Crippen molar-refractivity contribution < 1.29 is 19.1 Å². The van der Waals surface area contributed by atoms with Gasteiger partial charge in [-0.3, -0.25) is 23.7 Å². The number of esters is 1. The molecule has 2 aromatic heterocycles. The number of halogens is 1. The Kier molecular flexibility index (Phi) is 7.02. The van der Waals surface area contributed by atoms with E-state index >= 15 is 0 Å². The molecule has 0 unspecified atom stereocenters. The summed E-state index contributed by atoms with van der Waals surface area (Å²) in [6.45, 7) is 0. The SMILES string of the molecule is COC(=O)[C@H]1C[C@H](NC(=O)c2ccc(-n3ccccc3=O)cc2)[C@H](NC(=O)c2ccc3c(Cl)c[nH]c3c2)C1. The predicted molar refractivity (Wildman–Crippen MR) is 143 cm³/mol. The van der Waals surface area contributed by atoms with Gasteiger partial charge in [0.25, 0.3) is 17.4 Å². The van der Waals surface area contributed by atoms with E-state index < -0.39 is 18.0 Å². The van der Waals surface area contributed by atoms with Crippen LogP contribution in [0.25, 0.3) is 16.6 Å². The van der Waals surface area contributed by atoms with Crippen molar-refractivity contribution in [2.24, 2.45) is 5.92 Å². The van der Waals surface area contributed by atoms with E-state index in [9.17, 15) is 19.2 Å². The van der Waals surface area contributed by atoms with Gasteiger partial charge in [0.05, 0.1) is 30.1 Å². The summed E-state index contributed by atoms with van der Waals surface area (Å²) in [6, 6.07) is 15.7. The number of aromatic amines is 1. The van der Waals surface area contributed by atoms with E-state index in [0.29, 0.717) is 34.7 Å². The number of carbonyl (C=O) groups excluding carboxylic acids is 3. The molecular weight excluding hydrogens is 508 g/mol. The fourth-order valence-corrected chi connectivity index (χ4v) is 5.08. The Morgan fingerprint density at radius 1 is 0.947 bits per heavy atom. The molecule has 38 heavy (non-hydrogen) atoms. The summed E-state index contributed by atoms with van der Waals surface area (Å²) < 4.78 is 6.39. The minimum absolute atomic E-state index is 0.179. The first-order valence-electron chi connectivity index (χ1n) is 12.1. The summed E-state index contributed by atoms with van der Waals surface area (Å²) in [7, 11) is 1.32. The maximum atomic E-state index is 13.1. The first kappa shape index (κ1) is 25.3. The monoisotopic (exact) mass is 532 g/mol. The third-order valence-electron chi connectivity index (χ3n) is 6.85. The van der Waals surface area contributed by atoms with Crippen LogP contribution in [0.15, 0.2) is 77.9 Å². The predicted octanol–water partition coefficient (Wildman–Crippen LogP) is 3.45. The second kappa shape index (κ2) is 10.5. The Morgan fingerprint density at radius 2 is 1.61 bits per heavy atom. The highest BCUT2D eigenvalue weighted by Gasteiger charge is 2.40. The van der Waals surface area contributed by atoms with Gasteiger partial charge >= 0.3 is 5.97 Å². The van der Waals surface area contributed by atoms with Crippen LogP contribution in [0.5, 0.6) is 0 Å². The lowest BCUT2D eigenvalue weighted by molar-refractivity contribution is -0.145. The van der Waals surface area contributed by atoms with Crippen molar-refractivity contribution in [1.82, 2.24) is 20.2 Å². The van der Waals surface area contributed by atoms with Crippen LogP contribution in [0.3, 0.4) is 0 Å². The largest absolute Gasteiger partial charge is 0.469 e. The number of methoxy groups -OCH3 is 1. The number of H-pyrrole nitrogens is 1. The number of fused-ring (bicyclic) bond motifs is 1. The molecule has 2 aromatic carbocycles. The van der Waals surface area contributed by atoms with Crippen molar-refractivity contribution >= 4 is 40.3 Å². The summed E-state index contributed by atoms with van der Waals surface area (Å²) in [4.78, 5) is 53.5. The number of amides is 2. The summed E-state index contributed by atoms with van der Waals surface area (Å²) in [6.07, 6.45) is 3.96. The van der Waals surface area contributed by atoms with E-state index in [4.69, 9.17) is 16.3 Å². The van der Waals surface area contributed by atoms with E-state index in [0.717, 1.165) is 10.9 Å². The second-order valence-electron chi connectivity index (χ2n) is 9.20. The third-order valence-corrected chi connectivity index (χ3v) is 7.17. The van der Waals surface area contributed by atoms with Gasteiger partial charge in [0.1, 0.15) is 0 Å². The van der Waals surface area contributed by atoms with Crippen LogP contribution in [0.2, 0.25) is 5.02 Å². The van der Waals surface area contributed by atoms with Gasteiger partial charge in [0.15, 0.2) is 0 Å². The lowest BCUT2D eigenvalue weighted by Gasteiger charge is -2.22. The number of pyridine rings is 1. The van der Waals surface area contributed by atoms with Crippen molar-refractivity contribution in [2.45, 2.75) is 24.9 Å². The van der Waals surface area contributed by atoms with Gasteiger partial charge in [-0.05, 0) is 55.3 Å². The van der Waals surface area contributed by atoms with Gasteiger partial charge in [-0.15, -0.1) is 0 Å². The molecule has 1 fully saturated rings. The molecule has 9 nitrogen and oxygen atoms in total. The molecule has 5 rings (SSSR count). The van der Waals surface area contributed by atoms with Crippen molar-refractivity contribution in [3.05, 3.63) is 99.6 Å². The van der Waals surface area contributed by atoms with Crippen LogP contribution in [-0.4, -0.2) is 46.5 Å². The van der Waals surface area contributed by atoms with E-state index in [2.05, 4.69) is 15.6 Å². The molecule has 4 aromatic rings. The number of hydrogen-bond donors (Lipinski definition) is 3. The second-order valence-corrected chi connectivity index (χ2v) is 9.61. The van der Waals surface area contributed by atoms with Gasteiger partial charge < -0.3 is 20.4 Å². The number of nitrogens with one attached hydrogen (secondary N) is 3. The first-order chi connectivity index (χ1) is 18.3. The van der Waals surface area contributed by atoms with Crippen molar-refractivity contribution in [3.63, 3.8) is 0 Å². The Morgan fingerprint density at radius 3 is 2.26 bits per heavy atom. The topological polar surface area (TPSA) is 122 Å². The van der Waals surface area contributed by atoms with Crippen LogP contribution < -0.4 is 16.2 Å². The van der Waals surface area contributed by atoms with Crippen molar-refractivity contribution in [1.29, 1.82) is 0 Å². The van der Waals surface area contributed by atoms with Crippen molar-refractivity contribution in [3.8, 4) is 5.69 Å². The minimum Gasteiger partial charge on any atom is -0.469 e. The Hall–Kier alpha value is -4.37. The summed E-state index contributed by atoms with van der Waals surface area (Å²) in [5.41, 5.74) is 1.99. The Labute approximate surface area is 222 Å². The number of benzene rings is 2. The molecule has 194 valence electrons. The zero-order chi connectivity index (χ0) is 26.8. The standard InChI is InChI=1S/C28H25ClN4O5/c1-38-28(37)18-13-23(24(14-18)32-27(36)17-7-10-20-21(29)15-30-22(20)12-17)31-26(35)16-5-8-19(9-6-16)33-11-3-2-4-25(33)34/h2-12,15,18,23-24,30H,13-14H2,1H3,(H,31,35)(H,32,36)/t18-,23-,24+/m0/s1. The van der Waals surface area contributed by atoms with E-state index in [-0.39, 0.29) is 23.3 Å². The van der Waals surface area contributed by atoms with Gasteiger partial charge in [-0.25, -0.2) is 0 Å². The van der Waals surface area contributed by atoms with Crippen LogP contribution in [0.4, 0.5) is 0 Å². The highest BCUT2D eigenvalue weighted by molar-refractivity contribution is 6.35. The van der Waals surface area contributed by atoms with Crippen LogP contribution in [0, 0.1) is 5.92 Å². The number of hydrogen-bond acceptors (Lipinski definition) is 5. The summed E-state index contributed by atoms with van der Waals surface area (Å²) in [5.74, 6) is -1.53. The first-order valence-corrected chi connectivity index (χ1v) is 12.5. The summed E-state index contributed by atoms with van der Waals surface area (Å²) in [5, 5.41) is 7.31. The zero-order valence-corrected chi connectivity index (χ0v) is 21.2. The molecule has 1 aliphatic rings. The number of nitrogens with zero attached hydrogens (tertiary/aromatic N) is 1. The Bertz CT molecular complexity index is 1580. The highest BCUT2D eigenvalue weighted by Crippen LogP contribution is 2.29. The molecule has 2 amide bonds. The minimum atomic E-state index is -0.490. The number of aromatic nitrogens is 2. The lowest BCUT2D eigenvalue weighted by atomic mass is 10.1. The van der Waals surface area contributed by atoms with E-state index in [1.807, 2.05) is 0 Å². The quantitative estimate of drug-likeness (QED) is 0.328. The van der Waals surface area contributed by atoms with Crippen LogP contribution in [0.1, 0.15) is 33.6 Å². The Balaban J connectivity index is 1.32. The number of ether oxygens (including phenoxy) is 1. The fraction of sp³-hybridized carbons (Fsp3) is 0.214. The molecule has 3 N–H and O–H groups in total. The average molecular weight is 533 g/mol. The normalized spacial score (nSPS) is 18.7. The molecule has 1 saturated carbocycles. The lowest BCUT2D eigenvalue weighted by Crippen LogP contribution is -2.48. The molecule has 0 aliphatic heterocycles. The van der Waals surface area contributed by atoms with Crippen LogP contribution >= 0.6 is 11.6 Å². The average Bonchev–Trinajstić information content (AvgIpc) is 3.51. The number of rotatable bonds is 6.